The molecule has 0 saturated heterocycles. The number of thiophene rings is 1. The van der Waals surface area contributed by atoms with Crippen LogP contribution in [0, 0.1) is 0 Å². The molecule has 1 amide bonds. The van der Waals surface area contributed by atoms with Crippen LogP contribution in [0.2, 0.25) is 0 Å². The standard InChI is InChI=1S/C14H14N2O2S/c1-15-13-11-5-4-9(7-12(11)16-14(13)17)18-8-10-3-2-6-19-10/h2-7,13,15H,8H2,1H3,(H,16,17). The minimum atomic E-state index is -0.263. The third kappa shape index (κ3) is 2.34. The molecule has 3 rings (SSSR count). The molecule has 98 valence electrons. The Morgan fingerprint density at radius 2 is 2.32 bits per heavy atom. The Morgan fingerprint density at radius 1 is 1.42 bits per heavy atom. The van der Waals surface area contributed by atoms with Gasteiger partial charge in [0.2, 0.25) is 5.91 Å². The highest BCUT2D eigenvalue weighted by molar-refractivity contribution is 7.09. The van der Waals surface area contributed by atoms with Crippen molar-refractivity contribution in [2.75, 3.05) is 12.4 Å². The van der Waals surface area contributed by atoms with Crippen LogP contribution in [0.4, 0.5) is 5.69 Å². The first-order valence-electron chi connectivity index (χ1n) is 6.05. The number of ether oxygens (including phenoxy) is 1. The summed E-state index contributed by atoms with van der Waals surface area (Å²) in [4.78, 5) is 12.9. The third-order valence-electron chi connectivity index (χ3n) is 3.11. The third-order valence-corrected chi connectivity index (χ3v) is 3.96. The molecule has 2 N–H and O–H groups in total. The van der Waals surface area contributed by atoms with Gasteiger partial charge < -0.3 is 15.4 Å². The molecule has 1 aromatic heterocycles. The zero-order chi connectivity index (χ0) is 13.2. The normalized spacial score (nSPS) is 17.1. The molecule has 2 aromatic rings. The second kappa shape index (κ2) is 5.03. The molecule has 5 heteroatoms. The highest BCUT2D eigenvalue weighted by Gasteiger charge is 2.29. The van der Waals surface area contributed by atoms with Gasteiger partial charge in [0.25, 0.3) is 0 Å². The summed E-state index contributed by atoms with van der Waals surface area (Å²) in [6.07, 6.45) is 0. The molecule has 0 fully saturated rings. The van der Waals surface area contributed by atoms with Crippen molar-refractivity contribution >= 4 is 22.9 Å². The van der Waals surface area contributed by atoms with Crippen molar-refractivity contribution in [3.63, 3.8) is 0 Å². The fourth-order valence-electron chi connectivity index (χ4n) is 2.17. The predicted molar refractivity (Wildman–Crippen MR) is 75.5 cm³/mol. The summed E-state index contributed by atoms with van der Waals surface area (Å²) in [5.74, 6) is 0.747. The number of carbonyl (C=O) groups is 1. The Labute approximate surface area is 115 Å². The maximum Gasteiger partial charge on any atom is 0.246 e. The Hall–Kier alpha value is -1.85. The smallest absolute Gasteiger partial charge is 0.246 e. The van der Waals surface area contributed by atoms with Gasteiger partial charge in [-0.25, -0.2) is 0 Å². The van der Waals surface area contributed by atoms with Crippen LogP contribution in [-0.4, -0.2) is 13.0 Å². The summed E-state index contributed by atoms with van der Waals surface area (Å²) in [5, 5.41) is 7.87. The van der Waals surface area contributed by atoms with Gasteiger partial charge in [-0.3, -0.25) is 4.79 Å². The summed E-state index contributed by atoms with van der Waals surface area (Å²) < 4.78 is 5.72. The fourth-order valence-corrected chi connectivity index (χ4v) is 2.78. The van der Waals surface area contributed by atoms with Crippen molar-refractivity contribution in [1.29, 1.82) is 0 Å². The first-order chi connectivity index (χ1) is 9.28. The average molecular weight is 274 g/mol. The van der Waals surface area contributed by atoms with E-state index in [9.17, 15) is 4.79 Å². The van der Waals surface area contributed by atoms with Crippen molar-refractivity contribution < 1.29 is 9.53 Å². The minimum Gasteiger partial charge on any atom is -0.488 e. The molecule has 4 nitrogen and oxygen atoms in total. The first kappa shape index (κ1) is 12.2. The Bertz CT molecular complexity index is 595. The van der Waals surface area contributed by atoms with E-state index in [1.165, 1.54) is 4.88 Å². The molecule has 1 aliphatic rings. The van der Waals surface area contributed by atoms with Gasteiger partial charge in [0.15, 0.2) is 0 Å². The van der Waals surface area contributed by atoms with E-state index in [4.69, 9.17) is 4.74 Å². The summed E-state index contributed by atoms with van der Waals surface area (Å²) >= 11 is 1.67. The SMILES string of the molecule is CNC1C(=O)Nc2cc(OCc3cccs3)ccc21. The van der Waals surface area contributed by atoms with Crippen LogP contribution in [-0.2, 0) is 11.4 Å². The molecule has 0 spiro atoms. The summed E-state index contributed by atoms with van der Waals surface area (Å²) in [5.41, 5.74) is 1.80. The zero-order valence-corrected chi connectivity index (χ0v) is 11.3. The van der Waals surface area contributed by atoms with Crippen LogP contribution in [0.1, 0.15) is 16.5 Å². The van der Waals surface area contributed by atoms with Crippen molar-refractivity contribution in [3.05, 3.63) is 46.2 Å². The lowest BCUT2D eigenvalue weighted by Crippen LogP contribution is -2.23. The predicted octanol–water partition coefficient (Wildman–Crippen LogP) is 2.54. The average Bonchev–Trinajstić information content (AvgIpc) is 3.01. The molecule has 1 atom stereocenters. The van der Waals surface area contributed by atoms with Crippen molar-refractivity contribution in [2.24, 2.45) is 0 Å². The maximum absolute atomic E-state index is 11.7. The van der Waals surface area contributed by atoms with Gasteiger partial charge in [-0.1, -0.05) is 12.1 Å². The number of benzene rings is 1. The molecular weight excluding hydrogens is 260 g/mol. The van der Waals surface area contributed by atoms with Gasteiger partial charge in [0, 0.05) is 22.2 Å². The molecule has 2 heterocycles. The van der Waals surface area contributed by atoms with E-state index in [0.29, 0.717) is 6.61 Å². The van der Waals surface area contributed by atoms with Gasteiger partial charge in [-0.2, -0.15) is 0 Å². The molecule has 1 aliphatic heterocycles. The number of likely N-dealkylation sites (N-methyl/N-ethyl adjacent to an activating group) is 1. The first-order valence-corrected chi connectivity index (χ1v) is 6.93. The number of hydrogen-bond donors (Lipinski definition) is 2. The number of carbonyl (C=O) groups excluding carboxylic acids is 1. The monoisotopic (exact) mass is 274 g/mol. The number of nitrogens with one attached hydrogen (secondary N) is 2. The molecule has 0 radical (unpaired) electrons. The highest BCUT2D eigenvalue weighted by Crippen LogP contribution is 2.33. The van der Waals surface area contributed by atoms with Crippen molar-refractivity contribution in [2.45, 2.75) is 12.6 Å². The molecular formula is C14H14N2O2S. The number of amides is 1. The molecule has 0 saturated carbocycles. The molecule has 19 heavy (non-hydrogen) atoms. The van der Waals surface area contributed by atoms with E-state index in [1.807, 2.05) is 35.7 Å². The van der Waals surface area contributed by atoms with Crippen LogP contribution in [0.5, 0.6) is 5.75 Å². The van der Waals surface area contributed by atoms with Crippen LogP contribution in [0.3, 0.4) is 0 Å². The van der Waals surface area contributed by atoms with Gasteiger partial charge in [0.1, 0.15) is 18.4 Å². The van der Waals surface area contributed by atoms with Gasteiger partial charge in [-0.15, -0.1) is 11.3 Å². The molecule has 1 aromatic carbocycles. The number of rotatable bonds is 4. The Morgan fingerprint density at radius 3 is 3.05 bits per heavy atom. The van der Waals surface area contributed by atoms with Gasteiger partial charge in [-0.05, 0) is 24.6 Å². The quantitative estimate of drug-likeness (QED) is 0.901. The Kier molecular flexibility index (Phi) is 3.23. The maximum atomic E-state index is 11.7. The Balaban J connectivity index is 1.76. The van der Waals surface area contributed by atoms with E-state index < -0.39 is 0 Å². The van der Waals surface area contributed by atoms with Gasteiger partial charge >= 0.3 is 0 Å². The second-order valence-corrected chi connectivity index (χ2v) is 5.36. The minimum absolute atomic E-state index is 0.0205. The molecule has 0 aliphatic carbocycles. The fraction of sp³-hybridized carbons (Fsp3) is 0.214. The lowest BCUT2D eigenvalue weighted by molar-refractivity contribution is -0.117. The number of hydrogen-bond acceptors (Lipinski definition) is 4. The van der Waals surface area contributed by atoms with Crippen LogP contribution in [0.25, 0.3) is 0 Å². The van der Waals surface area contributed by atoms with E-state index in [-0.39, 0.29) is 11.9 Å². The zero-order valence-electron chi connectivity index (χ0n) is 10.5. The lowest BCUT2D eigenvalue weighted by Gasteiger charge is -2.08. The van der Waals surface area contributed by atoms with E-state index in [1.54, 1.807) is 18.4 Å². The van der Waals surface area contributed by atoms with Crippen LogP contribution < -0.4 is 15.4 Å². The van der Waals surface area contributed by atoms with E-state index >= 15 is 0 Å². The highest BCUT2D eigenvalue weighted by atomic mass is 32.1. The summed E-state index contributed by atoms with van der Waals surface area (Å²) in [6, 6.07) is 9.48. The lowest BCUT2D eigenvalue weighted by atomic mass is 10.1. The van der Waals surface area contributed by atoms with E-state index in [2.05, 4.69) is 10.6 Å². The van der Waals surface area contributed by atoms with Crippen LogP contribution in [0.15, 0.2) is 35.7 Å². The summed E-state index contributed by atoms with van der Waals surface area (Å²) in [7, 11) is 1.78. The van der Waals surface area contributed by atoms with Crippen LogP contribution >= 0.6 is 11.3 Å². The number of anilines is 1. The number of fused-ring (bicyclic) bond motifs is 1. The second-order valence-electron chi connectivity index (χ2n) is 4.33. The molecule has 0 bridgehead atoms. The van der Waals surface area contributed by atoms with Crippen molar-refractivity contribution in [1.82, 2.24) is 5.32 Å². The topological polar surface area (TPSA) is 50.4 Å². The summed E-state index contributed by atoms with van der Waals surface area (Å²) in [6.45, 7) is 0.555. The largest absolute Gasteiger partial charge is 0.488 e. The molecule has 1 unspecified atom stereocenters. The van der Waals surface area contributed by atoms with E-state index in [0.717, 1.165) is 17.0 Å². The van der Waals surface area contributed by atoms with Crippen molar-refractivity contribution in [3.8, 4) is 5.75 Å². The van der Waals surface area contributed by atoms with Gasteiger partial charge in [0.05, 0.1) is 0 Å².